The second-order valence-corrected chi connectivity index (χ2v) is 14.2. The zero-order valence-electron chi connectivity index (χ0n) is 28.6. The van der Waals surface area contributed by atoms with Crippen LogP contribution in [0.15, 0.2) is 188 Å². The molecule has 0 amide bonds. The normalized spacial score (nSPS) is 11.4. The molecule has 0 saturated heterocycles. The van der Waals surface area contributed by atoms with Gasteiger partial charge in [-0.1, -0.05) is 182 Å². The van der Waals surface area contributed by atoms with Gasteiger partial charge in [0, 0.05) is 36.9 Å². The summed E-state index contributed by atoms with van der Waals surface area (Å²) in [7, 11) is 0. The number of rotatable bonds is 6. The van der Waals surface area contributed by atoms with E-state index in [2.05, 4.69) is 152 Å². The van der Waals surface area contributed by atoms with Crippen molar-refractivity contribution in [3.8, 4) is 67.5 Å². The highest BCUT2D eigenvalue weighted by Crippen LogP contribution is 2.45. The Morgan fingerprint density at radius 2 is 0.736 bits per heavy atom. The van der Waals surface area contributed by atoms with Crippen LogP contribution in [0.3, 0.4) is 0 Å². The first kappa shape index (κ1) is 31.0. The van der Waals surface area contributed by atoms with E-state index in [1.807, 2.05) is 47.7 Å². The number of benzene rings is 8. The molecule has 2 heterocycles. The van der Waals surface area contributed by atoms with Crippen LogP contribution in [0.4, 0.5) is 0 Å². The summed E-state index contributed by atoms with van der Waals surface area (Å²) in [5.74, 6) is 1.99. The second-order valence-electron chi connectivity index (χ2n) is 13.2. The van der Waals surface area contributed by atoms with Crippen LogP contribution in [-0.4, -0.2) is 15.0 Å². The lowest BCUT2D eigenvalue weighted by Crippen LogP contribution is -2.00. The first-order valence-corrected chi connectivity index (χ1v) is 18.6. The van der Waals surface area contributed by atoms with E-state index in [-0.39, 0.29) is 0 Å². The molecule has 0 aliphatic carbocycles. The first-order chi connectivity index (χ1) is 26.3. The Labute approximate surface area is 311 Å². The molecule has 0 fully saturated rings. The van der Waals surface area contributed by atoms with Crippen LogP contribution < -0.4 is 0 Å². The molecule has 10 rings (SSSR count). The van der Waals surface area contributed by atoms with Crippen LogP contribution in [0.2, 0.25) is 0 Å². The summed E-state index contributed by atoms with van der Waals surface area (Å²) in [5.41, 5.74) is 10.2. The summed E-state index contributed by atoms with van der Waals surface area (Å²) >= 11 is 1.84. The van der Waals surface area contributed by atoms with Crippen LogP contribution in [0.5, 0.6) is 0 Å². The quantitative estimate of drug-likeness (QED) is 0.174. The number of hydrogen-bond acceptors (Lipinski definition) is 4. The molecule has 0 aliphatic heterocycles. The van der Waals surface area contributed by atoms with Gasteiger partial charge < -0.3 is 0 Å². The third-order valence-corrected chi connectivity index (χ3v) is 11.2. The molecule has 0 radical (unpaired) electrons. The van der Waals surface area contributed by atoms with Crippen molar-refractivity contribution in [1.82, 2.24) is 15.0 Å². The van der Waals surface area contributed by atoms with E-state index < -0.39 is 0 Å². The Bertz CT molecular complexity index is 2840. The predicted octanol–water partition coefficient (Wildman–Crippen LogP) is 13.4. The van der Waals surface area contributed by atoms with Crippen molar-refractivity contribution in [2.45, 2.75) is 0 Å². The van der Waals surface area contributed by atoms with Crippen molar-refractivity contribution in [3.63, 3.8) is 0 Å². The van der Waals surface area contributed by atoms with Gasteiger partial charge in [-0.2, -0.15) is 0 Å². The molecule has 53 heavy (non-hydrogen) atoms. The third-order valence-electron chi connectivity index (χ3n) is 9.97. The zero-order chi connectivity index (χ0) is 35.1. The highest BCUT2D eigenvalue weighted by Gasteiger charge is 2.19. The lowest BCUT2D eigenvalue weighted by atomic mass is 9.96. The summed E-state index contributed by atoms with van der Waals surface area (Å²) in [6, 6.07) is 66.3. The summed E-state index contributed by atoms with van der Waals surface area (Å²) in [6.07, 6.45) is 0. The van der Waals surface area contributed by atoms with E-state index in [4.69, 9.17) is 15.0 Å². The van der Waals surface area contributed by atoms with Gasteiger partial charge in [-0.05, 0) is 50.2 Å². The maximum Gasteiger partial charge on any atom is 0.164 e. The fraction of sp³-hybridized carbons (Fsp3) is 0. The Morgan fingerprint density at radius 1 is 0.302 bits per heavy atom. The van der Waals surface area contributed by atoms with Crippen molar-refractivity contribution < 1.29 is 0 Å². The van der Waals surface area contributed by atoms with Gasteiger partial charge in [0.1, 0.15) is 0 Å². The summed E-state index contributed by atoms with van der Waals surface area (Å²) in [5, 5.41) is 4.84. The third kappa shape index (κ3) is 5.66. The number of aromatic nitrogens is 3. The van der Waals surface area contributed by atoms with Crippen LogP contribution in [-0.2, 0) is 0 Å². The average Bonchev–Trinajstić information content (AvgIpc) is 3.63. The highest BCUT2D eigenvalue weighted by molar-refractivity contribution is 7.26. The minimum absolute atomic E-state index is 0.660. The summed E-state index contributed by atoms with van der Waals surface area (Å²) < 4.78 is 2.48. The van der Waals surface area contributed by atoms with Crippen LogP contribution in [0.1, 0.15) is 0 Å². The maximum absolute atomic E-state index is 5.11. The van der Waals surface area contributed by atoms with E-state index in [0.29, 0.717) is 17.5 Å². The fourth-order valence-electron chi connectivity index (χ4n) is 7.33. The standard InChI is InChI=1S/C49H31N3S/c1-4-13-32(14-5-1)33-23-25-34(26-24-33)35-27-29-36(30-28-35)39-21-12-22-42-45-41-20-11-10-19-40(41)43(31-44(45)53-46(39)42)49-51-47(37-15-6-2-7-16-37)50-48(52-49)38-17-8-3-9-18-38/h1-31H. The van der Waals surface area contributed by atoms with Crippen molar-refractivity contribution in [3.05, 3.63) is 188 Å². The molecule has 8 aromatic carbocycles. The summed E-state index contributed by atoms with van der Waals surface area (Å²) in [6.45, 7) is 0. The Kier molecular flexibility index (Phi) is 7.67. The van der Waals surface area contributed by atoms with Gasteiger partial charge in [0.25, 0.3) is 0 Å². The van der Waals surface area contributed by atoms with Gasteiger partial charge in [0.05, 0.1) is 0 Å². The molecule has 0 unspecified atom stereocenters. The largest absolute Gasteiger partial charge is 0.208 e. The topological polar surface area (TPSA) is 38.7 Å². The molecule has 4 heteroatoms. The van der Waals surface area contributed by atoms with E-state index in [1.165, 1.54) is 58.9 Å². The molecular weight excluding hydrogens is 663 g/mol. The van der Waals surface area contributed by atoms with Gasteiger partial charge in [0.15, 0.2) is 17.5 Å². The molecule has 0 saturated carbocycles. The molecule has 0 atom stereocenters. The molecule has 3 nitrogen and oxygen atoms in total. The smallest absolute Gasteiger partial charge is 0.164 e. The van der Waals surface area contributed by atoms with Gasteiger partial charge in [0.2, 0.25) is 0 Å². The van der Waals surface area contributed by atoms with E-state index >= 15 is 0 Å². The van der Waals surface area contributed by atoms with Crippen molar-refractivity contribution in [2.24, 2.45) is 0 Å². The Morgan fingerprint density at radius 3 is 1.30 bits per heavy atom. The van der Waals surface area contributed by atoms with Crippen LogP contribution in [0.25, 0.3) is 98.5 Å². The van der Waals surface area contributed by atoms with Gasteiger partial charge >= 0.3 is 0 Å². The molecule has 0 spiro atoms. The molecule has 10 aromatic rings. The minimum atomic E-state index is 0.660. The van der Waals surface area contributed by atoms with Crippen LogP contribution >= 0.6 is 11.3 Å². The molecule has 248 valence electrons. The van der Waals surface area contributed by atoms with Crippen molar-refractivity contribution in [2.75, 3.05) is 0 Å². The van der Waals surface area contributed by atoms with E-state index in [1.54, 1.807) is 0 Å². The molecule has 0 aliphatic rings. The van der Waals surface area contributed by atoms with E-state index in [9.17, 15) is 0 Å². The number of hydrogen-bond donors (Lipinski definition) is 0. The minimum Gasteiger partial charge on any atom is -0.208 e. The Hall–Kier alpha value is -6.75. The average molecular weight is 694 g/mol. The van der Waals surface area contributed by atoms with Crippen molar-refractivity contribution in [1.29, 1.82) is 0 Å². The maximum atomic E-state index is 5.11. The molecular formula is C49H31N3S. The lowest BCUT2D eigenvalue weighted by Gasteiger charge is -2.11. The monoisotopic (exact) mass is 693 g/mol. The Balaban J connectivity index is 1.09. The van der Waals surface area contributed by atoms with Gasteiger partial charge in [-0.25, -0.2) is 15.0 Å². The lowest BCUT2D eigenvalue weighted by molar-refractivity contribution is 1.08. The van der Waals surface area contributed by atoms with Crippen LogP contribution in [0, 0.1) is 0 Å². The molecule has 0 bridgehead atoms. The molecule has 0 N–H and O–H groups in total. The molecule has 2 aromatic heterocycles. The predicted molar refractivity (Wildman–Crippen MR) is 223 cm³/mol. The first-order valence-electron chi connectivity index (χ1n) is 17.8. The van der Waals surface area contributed by atoms with Gasteiger partial charge in [-0.15, -0.1) is 11.3 Å². The number of fused-ring (bicyclic) bond motifs is 5. The fourth-order valence-corrected chi connectivity index (χ4v) is 8.63. The summed E-state index contributed by atoms with van der Waals surface area (Å²) in [4.78, 5) is 15.2. The van der Waals surface area contributed by atoms with Crippen molar-refractivity contribution >= 4 is 42.3 Å². The zero-order valence-corrected chi connectivity index (χ0v) is 29.5. The highest BCUT2D eigenvalue weighted by atomic mass is 32.1. The van der Waals surface area contributed by atoms with E-state index in [0.717, 1.165) is 22.1 Å². The second kappa shape index (κ2) is 13.1. The number of thiophene rings is 1. The van der Waals surface area contributed by atoms with Gasteiger partial charge in [-0.3, -0.25) is 0 Å². The SMILES string of the molecule is c1ccc(-c2ccc(-c3ccc(-c4cccc5c4sc4cc(-c6nc(-c7ccccc7)nc(-c7ccccc7)n6)c6ccccc6c45)cc3)cc2)cc1. The number of nitrogens with zero attached hydrogens (tertiary/aromatic N) is 3.